The summed E-state index contributed by atoms with van der Waals surface area (Å²) in [4.78, 5) is 4.20. The third-order valence-corrected chi connectivity index (χ3v) is 3.23. The number of rotatable bonds is 0. The Morgan fingerprint density at radius 3 is 3.29 bits per heavy atom. The number of hydrogen-bond acceptors (Lipinski definition) is 3. The number of aromatic nitrogens is 3. The smallest absolute Gasteiger partial charge is 0.277 e. The fourth-order valence-electron chi connectivity index (χ4n) is 1.66. The molecule has 0 unspecified atom stereocenters. The largest absolute Gasteiger partial charge is 0.332 e. The number of aryl methyl sites for hydroxylation is 1. The van der Waals surface area contributed by atoms with Gasteiger partial charge in [0.05, 0.1) is 11.8 Å². The molecule has 14 heavy (non-hydrogen) atoms. The summed E-state index contributed by atoms with van der Waals surface area (Å²) in [6, 6.07) is 1.90. The molecule has 0 spiro atoms. The Bertz CT molecular complexity index is 625. The molecule has 5 heteroatoms. The maximum atomic E-state index is 9.64. The van der Waals surface area contributed by atoms with E-state index in [0.29, 0.717) is 0 Å². The first-order chi connectivity index (χ1) is 6.77. The van der Waals surface area contributed by atoms with E-state index < -0.39 is 0 Å². The van der Waals surface area contributed by atoms with Crippen LogP contribution < -0.4 is 4.73 Å². The van der Waals surface area contributed by atoms with Gasteiger partial charge >= 0.3 is 0 Å². The molecule has 0 amide bonds. The maximum absolute atomic E-state index is 9.64. The van der Waals surface area contributed by atoms with Crippen LogP contribution in [0.25, 0.3) is 21.3 Å². The minimum Gasteiger partial charge on any atom is -0.332 e. The van der Waals surface area contributed by atoms with Gasteiger partial charge in [0.15, 0.2) is 5.52 Å². The van der Waals surface area contributed by atoms with Crippen molar-refractivity contribution in [1.82, 2.24) is 9.55 Å². The summed E-state index contributed by atoms with van der Waals surface area (Å²) < 4.78 is 4.15. The zero-order chi connectivity index (χ0) is 9.71. The second kappa shape index (κ2) is 2.45. The molecule has 0 bridgehead atoms. The predicted octanol–water partition coefficient (Wildman–Crippen LogP) is 1.31. The minimum atomic E-state index is 0.810. The highest BCUT2D eigenvalue weighted by Crippen LogP contribution is 2.25. The molecule has 3 heterocycles. The van der Waals surface area contributed by atoms with Crippen LogP contribution in [0.3, 0.4) is 0 Å². The first-order valence-electron chi connectivity index (χ1n) is 4.19. The molecule has 3 aromatic rings. The van der Waals surface area contributed by atoms with Gasteiger partial charge in [0.1, 0.15) is 4.70 Å². The molecule has 0 fully saturated rings. The van der Waals surface area contributed by atoms with Gasteiger partial charge in [-0.2, -0.15) is 0 Å². The molecule has 0 aliphatic rings. The molecule has 0 aliphatic carbocycles. The molecular weight excluding hydrogens is 198 g/mol. The molecule has 70 valence electrons. The molecule has 4 nitrogen and oxygen atoms in total. The molecule has 0 atom stereocenters. The van der Waals surface area contributed by atoms with E-state index in [1.165, 1.54) is 0 Å². The van der Waals surface area contributed by atoms with Crippen LogP contribution in [0.5, 0.6) is 0 Å². The molecule has 0 saturated heterocycles. The van der Waals surface area contributed by atoms with Crippen LogP contribution in [0.2, 0.25) is 0 Å². The van der Waals surface area contributed by atoms with Gasteiger partial charge in [-0.15, -0.1) is 11.3 Å². The highest BCUT2D eigenvalue weighted by molar-refractivity contribution is 7.18. The van der Waals surface area contributed by atoms with E-state index >= 15 is 0 Å². The number of hydrogen-bond donors (Lipinski definition) is 1. The van der Waals surface area contributed by atoms with Crippen LogP contribution in [0.1, 0.15) is 0 Å². The fraction of sp³-hybridized carbons (Fsp3) is 0.111. The van der Waals surface area contributed by atoms with Gasteiger partial charge in [-0.3, -0.25) is 5.21 Å². The average molecular weight is 206 g/mol. The molecule has 0 aromatic carbocycles. The van der Waals surface area contributed by atoms with E-state index in [0.717, 1.165) is 26.0 Å². The molecule has 0 aliphatic heterocycles. The third-order valence-electron chi connectivity index (χ3n) is 2.32. The molecular formula is C9H8N3OS+. The van der Waals surface area contributed by atoms with Gasteiger partial charge in [0.25, 0.3) is 11.7 Å². The van der Waals surface area contributed by atoms with Crippen LogP contribution >= 0.6 is 11.3 Å². The third kappa shape index (κ3) is 0.820. The van der Waals surface area contributed by atoms with Crippen molar-refractivity contribution in [3.8, 4) is 0 Å². The van der Waals surface area contributed by atoms with E-state index in [9.17, 15) is 5.21 Å². The number of pyridine rings is 1. The van der Waals surface area contributed by atoms with Crippen LogP contribution in [-0.4, -0.2) is 14.8 Å². The van der Waals surface area contributed by atoms with Crippen molar-refractivity contribution < 1.29 is 9.94 Å². The van der Waals surface area contributed by atoms with Crippen LogP contribution in [0, 0.1) is 0 Å². The van der Waals surface area contributed by atoms with Crippen molar-refractivity contribution in [3.63, 3.8) is 0 Å². The predicted molar refractivity (Wildman–Crippen MR) is 53.5 cm³/mol. The van der Waals surface area contributed by atoms with Gasteiger partial charge in [-0.1, -0.05) is 0 Å². The monoisotopic (exact) mass is 206 g/mol. The summed E-state index contributed by atoms with van der Waals surface area (Å²) >= 11 is 1.61. The summed E-state index contributed by atoms with van der Waals surface area (Å²) in [7, 11) is 1.95. The molecule has 0 radical (unpaired) electrons. The normalized spacial score (nSPS) is 11.5. The van der Waals surface area contributed by atoms with Gasteiger partial charge in [0, 0.05) is 17.8 Å². The highest BCUT2D eigenvalue weighted by Gasteiger charge is 2.16. The Hall–Kier alpha value is -1.62. The van der Waals surface area contributed by atoms with Crippen molar-refractivity contribution in [2.24, 2.45) is 7.05 Å². The molecule has 3 rings (SSSR count). The Labute approximate surface area is 83.6 Å². The van der Waals surface area contributed by atoms with Gasteiger partial charge < -0.3 is 4.57 Å². The zero-order valence-electron chi connectivity index (χ0n) is 7.51. The lowest BCUT2D eigenvalue weighted by Gasteiger charge is -1.93. The summed E-state index contributed by atoms with van der Waals surface area (Å²) in [6.07, 6.45) is 3.38. The second-order valence-electron chi connectivity index (χ2n) is 3.20. The Balaban J connectivity index is 2.69. The molecule has 1 N–H and O–H groups in total. The zero-order valence-corrected chi connectivity index (χ0v) is 8.32. The lowest BCUT2D eigenvalue weighted by Crippen LogP contribution is -2.29. The second-order valence-corrected chi connectivity index (χ2v) is 4.11. The topological polar surface area (TPSA) is 41.9 Å². The van der Waals surface area contributed by atoms with E-state index in [1.807, 2.05) is 23.1 Å². The lowest BCUT2D eigenvalue weighted by molar-refractivity contribution is -0.883. The maximum Gasteiger partial charge on any atom is 0.277 e. The van der Waals surface area contributed by atoms with Crippen LogP contribution in [0.4, 0.5) is 0 Å². The van der Waals surface area contributed by atoms with Crippen LogP contribution in [0.15, 0.2) is 24.0 Å². The molecule has 3 aromatic heterocycles. The van der Waals surface area contributed by atoms with Crippen molar-refractivity contribution >= 4 is 32.6 Å². The van der Waals surface area contributed by atoms with Crippen molar-refractivity contribution in [2.45, 2.75) is 0 Å². The Morgan fingerprint density at radius 2 is 2.43 bits per heavy atom. The number of nitrogens with zero attached hydrogens (tertiary/aromatic N) is 3. The SMILES string of the molecule is Cn1cnc2c[n+](O)c3ccsc3c21. The average Bonchev–Trinajstić information content (AvgIpc) is 2.72. The van der Waals surface area contributed by atoms with Crippen molar-refractivity contribution in [3.05, 3.63) is 24.0 Å². The summed E-state index contributed by atoms with van der Waals surface area (Å²) in [5, 5.41) is 11.6. The van der Waals surface area contributed by atoms with Gasteiger partial charge in [-0.25, -0.2) is 4.98 Å². The summed E-state index contributed by atoms with van der Waals surface area (Å²) in [6.45, 7) is 0. The first kappa shape index (κ1) is 7.75. The van der Waals surface area contributed by atoms with E-state index in [1.54, 1.807) is 23.9 Å². The summed E-state index contributed by atoms with van der Waals surface area (Å²) in [5.74, 6) is 0. The van der Waals surface area contributed by atoms with Gasteiger partial charge in [-0.05, 0) is 5.38 Å². The standard InChI is InChI=1S/C9H8N3OS/c1-11-5-10-6-4-12(13)7-2-3-14-9(7)8(6)11/h2-5,13H,1H3/q+1. The van der Waals surface area contributed by atoms with Gasteiger partial charge in [0.2, 0.25) is 0 Å². The Morgan fingerprint density at radius 1 is 1.57 bits per heavy atom. The first-order valence-corrected chi connectivity index (χ1v) is 5.07. The van der Waals surface area contributed by atoms with Crippen molar-refractivity contribution in [1.29, 1.82) is 0 Å². The highest BCUT2D eigenvalue weighted by atomic mass is 32.1. The number of thiophene rings is 1. The number of imidazole rings is 1. The Kier molecular flexibility index (Phi) is 1.36. The summed E-state index contributed by atoms with van der Waals surface area (Å²) in [5.41, 5.74) is 2.70. The number of fused-ring (bicyclic) bond motifs is 3. The van der Waals surface area contributed by atoms with E-state index in [-0.39, 0.29) is 0 Å². The van der Waals surface area contributed by atoms with Crippen molar-refractivity contribution in [2.75, 3.05) is 0 Å². The molecule has 0 saturated carbocycles. The lowest BCUT2D eigenvalue weighted by atomic mass is 10.3. The van der Waals surface area contributed by atoms with E-state index in [4.69, 9.17) is 0 Å². The minimum absolute atomic E-state index is 0.810. The quantitative estimate of drug-likeness (QED) is 0.445. The van der Waals surface area contributed by atoms with Crippen LogP contribution in [-0.2, 0) is 7.05 Å². The van der Waals surface area contributed by atoms with E-state index in [2.05, 4.69) is 4.98 Å². The fourth-order valence-corrected chi connectivity index (χ4v) is 2.64.